The summed E-state index contributed by atoms with van der Waals surface area (Å²) in [6.45, 7) is 6.88. The van der Waals surface area contributed by atoms with E-state index in [1.165, 1.54) is 31.9 Å². The first kappa shape index (κ1) is 32.4. The van der Waals surface area contributed by atoms with Gasteiger partial charge in [-0.15, -0.1) is 0 Å². The first-order chi connectivity index (χ1) is 23.2. The molecule has 1 saturated carbocycles. The van der Waals surface area contributed by atoms with E-state index in [0.29, 0.717) is 48.9 Å². The van der Waals surface area contributed by atoms with Gasteiger partial charge in [-0.1, -0.05) is 32.3 Å². The Bertz CT molecular complexity index is 1860. The van der Waals surface area contributed by atoms with Crippen molar-refractivity contribution in [1.29, 1.82) is 0 Å². The maximum absolute atomic E-state index is 12.9. The highest BCUT2D eigenvalue weighted by Gasteiger charge is 2.31. The number of hydrogen-bond acceptors (Lipinski definition) is 8. The van der Waals surface area contributed by atoms with E-state index >= 15 is 0 Å². The topological polar surface area (TPSA) is 125 Å². The summed E-state index contributed by atoms with van der Waals surface area (Å²) in [6.07, 6.45) is 9.58. The molecule has 7 heterocycles. The number of pyridine rings is 1. The predicted octanol–water partition coefficient (Wildman–Crippen LogP) is 6.19. The van der Waals surface area contributed by atoms with Crippen molar-refractivity contribution in [1.82, 2.24) is 34.5 Å². The number of nitrogens with one attached hydrogen (secondary N) is 1. The predicted molar refractivity (Wildman–Crippen MR) is 173 cm³/mol. The Morgan fingerprint density at radius 3 is 2.48 bits per heavy atom. The molecule has 8 rings (SSSR count). The molecule has 11 nitrogen and oxygen atoms in total. The van der Waals surface area contributed by atoms with Crippen molar-refractivity contribution in [3.63, 3.8) is 0 Å². The molecule has 1 aliphatic carbocycles. The van der Waals surface area contributed by atoms with Gasteiger partial charge in [0.25, 0.3) is 5.56 Å². The van der Waals surface area contributed by atoms with Gasteiger partial charge >= 0.3 is 6.18 Å². The third-order valence-corrected chi connectivity index (χ3v) is 9.62. The van der Waals surface area contributed by atoms with Crippen molar-refractivity contribution in [3.05, 3.63) is 70.3 Å². The number of rotatable bonds is 6. The molecular weight excluding hydrogens is 625 g/mol. The molecule has 3 fully saturated rings. The Balaban J connectivity index is 0.000000156. The van der Waals surface area contributed by atoms with E-state index in [4.69, 9.17) is 19.5 Å². The number of allylic oxidation sites excluding steroid dienone is 1. The van der Waals surface area contributed by atoms with Crippen LogP contribution in [0.4, 0.5) is 19.0 Å². The van der Waals surface area contributed by atoms with Crippen LogP contribution in [0.15, 0.2) is 47.1 Å². The number of ether oxygens (including phenoxy) is 2. The van der Waals surface area contributed by atoms with Crippen LogP contribution in [0.2, 0.25) is 0 Å². The van der Waals surface area contributed by atoms with E-state index in [9.17, 15) is 18.0 Å². The van der Waals surface area contributed by atoms with Gasteiger partial charge in [0.2, 0.25) is 0 Å². The number of nitrogens with zero attached hydrogens (tertiary/aromatic N) is 7. The van der Waals surface area contributed by atoms with Crippen LogP contribution in [0.1, 0.15) is 86.1 Å². The van der Waals surface area contributed by atoms with E-state index < -0.39 is 11.7 Å². The first-order valence-corrected chi connectivity index (χ1v) is 16.7. The summed E-state index contributed by atoms with van der Waals surface area (Å²) < 4.78 is 53.4. The van der Waals surface area contributed by atoms with E-state index in [1.807, 2.05) is 9.36 Å². The molecule has 0 amide bonds. The van der Waals surface area contributed by atoms with Gasteiger partial charge in [0.05, 0.1) is 36.6 Å². The number of aromatic nitrogens is 7. The van der Waals surface area contributed by atoms with Gasteiger partial charge in [-0.05, 0) is 42.9 Å². The normalized spacial score (nSPS) is 20.5. The molecule has 0 bridgehead atoms. The Morgan fingerprint density at radius 1 is 0.979 bits per heavy atom. The van der Waals surface area contributed by atoms with E-state index in [-0.39, 0.29) is 24.1 Å². The standard InChI is InChI=1S/C19H19F3N4O.C15H20N4O2/c1-12-8-15(10-14-9-13(2-5-23-14)19(20,21)22)25-18-17(12)11-24-26(18)16-3-6-27-7-4-16;20-15-12-8-16-19(11-5-6-21-9-11)14(12)17-13(18-15)7-10-3-1-2-4-10/h2,5,9,11,16H,1,3-4,6-8,10H2;8,10-11H,1-7,9H2,(H,17,18,20). The van der Waals surface area contributed by atoms with Gasteiger partial charge in [0, 0.05) is 62.2 Å². The maximum atomic E-state index is 12.9. The lowest BCUT2D eigenvalue weighted by molar-refractivity contribution is -0.137. The number of hydrogen-bond donors (Lipinski definition) is 1. The molecule has 254 valence electrons. The molecule has 0 aromatic carbocycles. The van der Waals surface area contributed by atoms with E-state index in [1.54, 1.807) is 12.4 Å². The van der Waals surface area contributed by atoms with E-state index in [0.717, 1.165) is 72.9 Å². The molecule has 4 aliphatic rings. The van der Waals surface area contributed by atoms with Crippen LogP contribution in [0.25, 0.3) is 16.6 Å². The van der Waals surface area contributed by atoms with Crippen molar-refractivity contribution in [2.24, 2.45) is 10.9 Å². The van der Waals surface area contributed by atoms with Gasteiger partial charge in [-0.3, -0.25) is 9.78 Å². The SMILES string of the molecule is C=C1CC(Cc2cc(C(F)(F)F)ccn2)=Nc2c1cnn2C1CCOCC1.O=c1[nH]c(CC2CCCC2)nc2c1cnn2C1CCOC1. The number of H-pyrrole nitrogens is 1. The van der Waals surface area contributed by atoms with Crippen molar-refractivity contribution >= 4 is 28.1 Å². The highest BCUT2D eigenvalue weighted by molar-refractivity contribution is 6.00. The average Bonchev–Trinajstić information content (AvgIpc) is 3.89. The van der Waals surface area contributed by atoms with Crippen LogP contribution >= 0.6 is 0 Å². The maximum Gasteiger partial charge on any atom is 0.416 e. The summed E-state index contributed by atoms with van der Waals surface area (Å²) in [7, 11) is 0. The zero-order chi connectivity index (χ0) is 33.3. The molecular formula is C34H39F3N8O3. The fraction of sp³-hybridized carbons (Fsp3) is 0.529. The van der Waals surface area contributed by atoms with E-state index in [2.05, 4.69) is 26.7 Å². The highest BCUT2D eigenvalue weighted by Crippen LogP contribution is 2.37. The number of aliphatic imine (C=N–C) groups is 1. The second kappa shape index (κ2) is 13.7. The lowest BCUT2D eigenvalue weighted by Gasteiger charge is -2.24. The summed E-state index contributed by atoms with van der Waals surface area (Å²) >= 11 is 0. The minimum absolute atomic E-state index is 0.0711. The van der Waals surface area contributed by atoms with Crippen LogP contribution in [-0.2, 0) is 28.5 Å². The molecule has 14 heteroatoms. The molecule has 0 spiro atoms. The second-order valence-corrected chi connectivity index (χ2v) is 13.0. The summed E-state index contributed by atoms with van der Waals surface area (Å²) in [5, 5.41) is 9.43. The molecule has 0 radical (unpaired) electrons. The lowest BCUT2D eigenvalue weighted by atomic mass is 9.97. The number of aromatic amines is 1. The fourth-order valence-electron chi connectivity index (χ4n) is 7.06. The third kappa shape index (κ3) is 7.00. The third-order valence-electron chi connectivity index (χ3n) is 9.62. The molecule has 4 aromatic rings. The Morgan fingerprint density at radius 2 is 1.73 bits per heavy atom. The summed E-state index contributed by atoms with van der Waals surface area (Å²) in [6, 6.07) is 2.47. The average molecular weight is 665 g/mol. The smallest absolute Gasteiger partial charge is 0.381 e. The number of alkyl halides is 3. The zero-order valence-electron chi connectivity index (χ0n) is 26.7. The molecule has 3 aliphatic heterocycles. The van der Waals surface area contributed by atoms with Crippen LogP contribution in [0, 0.1) is 5.92 Å². The molecule has 1 unspecified atom stereocenters. The number of halogens is 3. The largest absolute Gasteiger partial charge is 0.416 e. The number of fused-ring (bicyclic) bond motifs is 2. The van der Waals surface area contributed by atoms with Gasteiger partial charge < -0.3 is 14.5 Å². The van der Waals surface area contributed by atoms with Gasteiger partial charge in [-0.25, -0.2) is 19.3 Å². The summed E-state index contributed by atoms with van der Waals surface area (Å²) in [5.41, 5.74) is 2.81. The molecule has 48 heavy (non-hydrogen) atoms. The quantitative estimate of drug-likeness (QED) is 0.261. The van der Waals surface area contributed by atoms with Gasteiger partial charge in [0.15, 0.2) is 11.5 Å². The van der Waals surface area contributed by atoms with Gasteiger partial charge in [0.1, 0.15) is 11.2 Å². The Labute approximate surface area is 275 Å². The second-order valence-electron chi connectivity index (χ2n) is 13.0. The van der Waals surface area contributed by atoms with Crippen LogP contribution < -0.4 is 5.56 Å². The fourth-order valence-corrected chi connectivity index (χ4v) is 7.06. The van der Waals surface area contributed by atoms with Crippen molar-refractivity contribution in [2.45, 2.75) is 82.5 Å². The molecule has 2 saturated heterocycles. The van der Waals surface area contributed by atoms with Crippen molar-refractivity contribution < 1.29 is 22.6 Å². The van der Waals surface area contributed by atoms with Crippen molar-refractivity contribution in [3.8, 4) is 0 Å². The summed E-state index contributed by atoms with van der Waals surface area (Å²) in [4.78, 5) is 28.6. The Hall–Kier alpha value is -4.17. The van der Waals surface area contributed by atoms with Crippen LogP contribution in [0.5, 0.6) is 0 Å². The summed E-state index contributed by atoms with van der Waals surface area (Å²) in [5.74, 6) is 2.21. The Kier molecular flexibility index (Phi) is 9.27. The minimum atomic E-state index is -4.38. The highest BCUT2D eigenvalue weighted by atomic mass is 19.4. The van der Waals surface area contributed by atoms with Crippen LogP contribution in [0.3, 0.4) is 0 Å². The van der Waals surface area contributed by atoms with Crippen molar-refractivity contribution in [2.75, 3.05) is 26.4 Å². The lowest BCUT2D eigenvalue weighted by Crippen LogP contribution is -2.21. The minimum Gasteiger partial charge on any atom is -0.381 e. The first-order valence-electron chi connectivity index (χ1n) is 16.7. The van der Waals surface area contributed by atoms with Gasteiger partial charge in [-0.2, -0.15) is 23.4 Å². The molecule has 1 N–H and O–H groups in total. The van der Waals surface area contributed by atoms with Crippen LogP contribution in [-0.4, -0.2) is 66.7 Å². The zero-order valence-corrected chi connectivity index (χ0v) is 26.7. The molecule has 1 atom stereocenters. The molecule has 4 aromatic heterocycles. The monoisotopic (exact) mass is 664 g/mol.